The van der Waals surface area contributed by atoms with Gasteiger partial charge < -0.3 is 9.47 Å². The van der Waals surface area contributed by atoms with E-state index in [1.165, 1.54) is 0 Å². The van der Waals surface area contributed by atoms with Crippen LogP contribution in [0.3, 0.4) is 0 Å². The Kier molecular flexibility index (Phi) is 5.77. The van der Waals surface area contributed by atoms with Crippen molar-refractivity contribution in [2.45, 2.75) is 67.2 Å². The Hall–Kier alpha value is -0.0100. The molecule has 0 unspecified atom stereocenters. The summed E-state index contributed by atoms with van der Waals surface area (Å²) in [4.78, 5) is 0.368. The van der Waals surface area contributed by atoms with Crippen molar-refractivity contribution < 1.29 is 9.47 Å². The Balaban J connectivity index is 1.95. The lowest BCUT2D eigenvalue weighted by atomic mass is 9.91. The van der Waals surface area contributed by atoms with Crippen LogP contribution in [-0.4, -0.2) is 34.6 Å². The fourth-order valence-corrected chi connectivity index (χ4v) is 3.99. The van der Waals surface area contributed by atoms with Gasteiger partial charge in [-0.1, -0.05) is 34.9 Å². The molecule has 0 spiro atoms. The Morgan fingerprint density at radius 3 is 2.68 bits per heavy atom. The Morgan fingerprint density at radius 1 is 1.32 bits per heavy atom. The normalized spacial score (nSPS) is 42.8. The molecule has 0 N–H and O–H groups in total. The Morgan fingerprint density at radius 2 is 2.00 bits per heavy atom. The maximum Gasteiger partial charge on any atom is 0.0856 e. The predicted octanol–water partition coefficient (Wildman–Crippen LogP) is 3.66. The van der Waals surface area contributed by atoms with Crippen molar-refractivity contribution in [2.24, 2.45) is 0 Å². The summed E-state index contributed by atoms with van der Waals surface area (Å²) in [7, 11) is 0. The standard InChI is InChI=1S/C15H20BrClO2/c1-3-5-6-7-13-11(17)9-15-14(19-13)8-10(16)12(4-2)18-15/h1,5-6,10-15H,4,7-9H2,2H3/b6-5-/t10-,11+,12+,13+,14-,15-/m1/s1. The molecule has 0 aromatic heterocycles. The number of rotatable bonds is 3. The van der Waals surface area contributed by atoms with Crippen LogP contribution in [0.25, 0.3) is 0 Å². The molecular weight excluding hydrogens is 328 g/mol. The van der Waals surface area contributed by atoms with Gasteiger partial charge in [-0.05, 0) is 31.8 Å². The van der Waals surface area contributed by atoms with E-state index in [1.807, 2.05) is 6.08 Å². The van der Waals surface area contributed by atoms with Gasteiger partial charge in [-0.3, -0.25) is 0 Å². The fraction of sp³-hybridized carbons (Fsp3) is 0.733. The molecule has 6 atom stereocenters. The highest BCUT2D eigenvalue weighted by atomic mass is 79.9. The highest BCUT2D eigenvalue weighted by Crippen LogP contribution is 2.37. The number of fused-ring (bicyclic) bond motifs is 1. The number of halogens is 2. The molecule has 2 aliphatic heterocycles. The van der Waals surface area contributed by atoms with E-state index in [4.69, 9.17) is 27.5 Å². The Bertz CT molecular complexity index is 366. The van der Waals surface area contributed by atoms with Gasteiger partial charge in [0, 0.05) is 4.83 Å². The molecule has 0 aromatic rings. The van der Waals surface area contributed by atoms with E-state index >= 15 is 0 Å². The van der Waals surface area contributed by atoms with Crippen LogP contribution in [0, 0.1) is 12.3 Å². The van der Waals surface area contributed by atoms with Crippen molar-refractivity contribution >= 4 is 27.5 Å². The first-order valence-electron chi connectivity index (χ1n) is 6.85. The van der Waals surface area contributed by atoms with Crippen LogP contribution in [0.5, 0.6) is 0 Å². The van der Waals surface area contributed by atoms with Crippen molar-refractivity contribution in [1.82, 2.24) is 0 Å². The van der Waals surface area contributed by atoms with Crippen LogP contribution in [0.15, 0.2) is 12.2 Å². The zero-order valence-electron chi connectivity index (χ0n) is 11.1. The quantitative estimate of drug-likeness (QED) is 0.573. The van der Waals surface area contributed by atoms with Crippen LogP contribution in [0.4, 0.5) is 0 Å². The number of hydrogen-bond acceptors (Lipinski definition) is 2. The highest BCUT2D eigenvalue weighted by Gasteiger charge is 2.43. The summed E-state index contributed by atoms with van der Waals surface area (Å²) in [5.74, 6) is 2.49. The molecule has 0 amide bonds. The van der Waals surface area contributed by atoms with Crippen LogP contribution in [0.2, 0.25) is 0 Å². The summed E-state index contributed by atoms with van der Waals surface area (Å²) in [6, 6.07) is 0. The van der Waals surface area contributed by atoms with E-state index < -0.39 is 0 Å². The van der Waals surface area contributed by atoms with Gasteiger partial charge in [-0.15, -0.1) is 18.0 Å². The van der Waals surface area contributed by atoms with Gasteiger partial charge in [0.15, 0.2) is 0 Å². The molecule has 4 heteroatoms. The SMILES string of the molecule is C#C/C=C\C[C@@H]1O[C@@H]2C[C@@H](Br)[C@H](CC)O[C@@H]2C[C@@H]1Cl. The third-order valence-electron chi connectivity index (χ3n) is 3.82. The first-order chi connectivity index (χ1) is 9.15. The summed E-state index contributed by atoms with van der Waals surface area (Å²) >= 11 is 10.1. The average Bonchev–Trinajstić information content (AvgIpc) is 2.39. The lowest BCUT2D eigenvalue weighted by molar-refractivity contribution is -0.181. The highest BCUT2D eigenvalue weighted by molar-refractivity contribution is 9.09. The zero-order valence-corrected chi connectivity index (χ0v) is 13.4. The molecule has 0 aromatic carbocycles. The van der Waals surface area contributed by atoms with Crippen LogP contribution in [-0.2, 0) is 9.47 Å². The second-order valence-electron chi connectivity index (χ2n) is 5.14. The summed E-state index contributed by atoms with van der Waals surface area (Å²) in [5.41, 5.74) is 0. The van der Waals surface area contributed by atoms with Gasteiger partial charge in [0.2, 0.25) is 0 Å². The molecule has 2 nitrogen and oxygen atoms in total. The smallest absolute Gasteiger partial charge is 0.0856 e. The lowest BCUT2D eigenvalue weighted by Gasteiger charge is -2.45. The number of terminal acetylenes is 1. The van der Waals surface area contributed by atoms with Gasteiger partial charge in [0.25, 0.3) is 0 Å². The number of allylic oxidation sites excluding steroid dienone is 1. The summed E-state index contributed by atoms with van der Waals surface area (Å²) in [5, 5.41) is -0.00643. The van der Waals surface area contributed by atoms with Crippen LogP contribution >= 0.6 is 27.5 Å². The number of alkyl halides is 2. The fourth-order valence-electron chi connectivity index (χ4n) is 2.78. The summed E-state index contributed by atoms with van der Waals surface area (Å²) < 4.78 is 12.2. The van der Waals surface area contributed by atoms with E-state index in [9.17, 15) is 0 Å². The number of ether oxygens (including phenoxy) is 2. The molecule has 0 saturated carbocycles. The third kappa shape index (κ3) is 3.76. The maximum absolute atomic E-state index is 6.41. The maximum atomic E-state index is 6.41. The second-order valence-corrected chi connectivity index (χ2v) is 6.88. The van der Waals surface area contributed by atoms with E-state index in [2.05, 4.69) is 28.8 Å². The van der Waals surface area contributed by atoms with Crippen molar-refractivity contribution in [3.8, 4) is 12.3 Å². The van der Waals surface area contributed by atoms with E-state index in [0.29, 0.717) is 4.83 Å². The number of hydrogen-bond donors (Lipinski definition) is 0. The summed E-state index contributed by atoms with van der Waals surface area (Å²) in [6.45, 7) is 2.15. The molecule has 2 saturated heterocycles. The second kappa shape index (κ2) is 7.13. The van der Waals surface area contributed by atoms with E-state index in [0.717, 1.165) is 25.7 Å². The molecular formula is C15H20BrClO2. The minimum atomic E-state index is -0.00643. The monoisotopic (exact) mass is 346 g/mol. The molecule has 2 heterocycles. The zero-order chi connectivity index (χ0) is 13.8. The molecule has 0 radical (unpaired) electrons. The Labute approximate surface area is 129 Å². The van der Waals surface area contributed by atoms with Crippen molar-refractivity contribution in [3.63, 3.8) is 0 Å². The van der Waals surface area contributed by atoms with Gasteiger partial charge in [-0.2, -0.15) is 0 Å². The first-order valence-corrected chi connectivity index (χ1v) is 8.21. The van der Waals surface area contributed by atoms with Crippen molar-refractivity contribution in [1.29, 1.82) is 0 Å². The van der Waals surface area contributed by atoms with E-state index in [1.54, 1.807) is 6.08 Å². The van der Waals surface area contributed by atoms with E-state index in [-0.39, 0.29) is 29.8 Å². The van der Waals surface area contributed by atoms with Crippen molar-refractivity contribution in [3.05, 3.63) is 12.2 Å². The molecule has 19 heavy (non-hydrogen) atoms. The first kappa shape index (κ1) is 15.4. The van der Waals surface area contributed by atoms with Gasteiger partial charge in [0.1, 0.15) is 0 Å². The van der Waals surface area contributed by atoms with Crippen LogP contribution in [0.1, 0.15) is 32.6 Å². The van der Waals surface area contributed by atoms with Gasteiger partial charge in [-0.25, -0.2) is 0 Å². The minimum Gasteiger partial charge on any atom is -0.371 e. The summed E-state index contributed by atoms with van der Waals surface area (Å²) in [6.07, 6.45) is 13.1. The van der Waals surface area contributed by atoms with Gasteiger partial charge >= 0.3 is 0 Å². The molecule has 106 valence electrons. The molecule has 2 aliphatic rings. The lowest BCUT2D eigenvalue weighted by Crippen LogP contribution is -2.53. The topological polar surface area (TPSA) is 18.5 Å². The van der Waals surface area contributed by atoms with Gasteiger partial charge in [0.05, 0.1) is 29.8 Å². The largest absolute Gasteiger partial charge is 0.371 e. The molecule has 2 fully saturated rings. The molecule has 2 rings (SSSR count). The molecule has 0 aliphatic carbocycles. The third-order valence-corrected chi connectivity index (χ3v) is 5.24. The average molecular weight is 348 g/mol. The minimum absolute atomic E-state index is 0.00643. The van der Waals surface area contributed by atoms with Crippen LogP contribution < -0.4 is 0 Å². The molecule has 0 bridgehead atoms. The predicted molar refractivity (Wildman–Crippen MR) is 81.8 cm³/mol. The van der Waals surface area contributed by atoms with Crippen molar-refractivity contribution in [2.75, 3.05) is 0 Å².